The van der Waals surface area contributed by atoms with Gasteiger partial charge in [0.15, 0.2) is 0 Å². The highest BCUT2D eigenvalue weighted by Crippen LogP contribution is 2.39. The Hall–Kier alpha value is -1.48. The molecule has 0 saturated carbocycles. The second kappa shape index (κ2) is 3.59. The predicted octanol–water partition coefficient (Wildman–Crippen LogP) is 1.95. The Morgan fingerprint density at radius 2 is 2.13 bits per heavy atom. The molecule has 80 valence electrons. The van der Waals surface area contributed by atoms with Gasteiger partial charge in [0, 0.05) is 12.6 Å². The summed E-state index contributed by atoms with van der Waals surface area (Å²) >= 11 is 0. The zero-order chi connectivity index (χ0) is 11.0. The number of aliphatic hydroxyl groups excluding tert-OH is 1. The van der Waals surface area contributed by atoms with Crippen LogP contribution in [0.3, 0.4) is 0 Å². The van der Waals surface area contributed by atoms with Gasteiger partial charge in [0.1, 0.15) is 12.0 Å². The minimum absolute atomic E-state index is 0.216. The summed E-state index contributed by atoms with van der Waals surface area (Å²) in [5.74, 6) is 0.216. The third kappa shape index (κ3) is 1.49. The van der Waals surface area contributed by atoms with E-state index in [2.05, 4.69) is 0 Å². The molecule has 3 heteroatoms. The summed E-state index contributed by atoms with van der Waals surface area (Å²) in [6.07, 6.45) is 2.02. The van der Waals surface area contributed by atoms with E-state index in [1.165, 1.54) is 0 Å². The second-order valence-electron chi connectivity index (χ2n) is 3.74. The number of aliphatic hydroxyl groups is 1. The number of phenols is 1. The molecule has 1 aliphatic rings. The Morgan fingerprint density at radius 3 is 2.80 bits per heavy atom. The van der Waals surface area contributed by atoms with Gasteiger partial charge < -0.3 is 15.1 Å². The molecule has 0 aliphatic carbocycles. The number of fused-ring (bicyclic) bond motifs is 1. The number of likely N-dealkylation sites (N-methyl/N-ethyl adjacent to an activating group) is 1. The largest absolute Gasteiger partial charge is 0.506 e. The van der Waals surface area contributed by atoms with E-state index < -0.39 is 6.23 Å². The van der Waals surface area contributed by atoms with E-state index in [9.17, 15) is 10.2 Å². The average molecular weight is 205 g/mol. The molecule has 0 aromatic heterocycles. The van der Waals surface area contributed by atoms with E-state index in [-0.39, 0.29) is 5.75 Å². The van der Waals surface area contributed by atoms with Gasteiger partial charge in [-0.05, 0) is 24.1 Å². The van der Waals surface area contributed by atoms with Gasteiger partial charge in [-0.1, -0.05) is 19.1 Å². The van der Waals surface area contributed by atoms with Crippen molar-refractivity contribution in [3.05, 3.63) is 29.8 Å². The normalized spacial score (nSPS) is 19.8. The van der Waals surface area contributed by atoms with E-state index in [4.69, 9.17) is 0 Å². The molecule has 3 nitrogen and oxygen atoms in total. The van der Waals surface area contributed by atoms with Crippen molar-refractivity contribution >= 4 is 11.3 Å². The average Bonchev–Trinajstić information content (AvgIpc) is 2.23. The number of aromatic hydroxyl groups is 1. The topological polar surface area (TPSA) is 43.7 Å². The van der Waals surface area contributed by atoms with Crippen molar-refractivity contribution in [1.82, 2.24) is 0 Å². The number of hydrogen-bond donors (Lipinski definition) is 2. The Kier molecular flexibility index (Phi) is 2.40. The summed E-state index contributed by atoms with van der Waals surface area (Å²) in [6, 6.07) is 5.43. The van der Waals surface area contributed by atoms with E-state index in [0.717, 1.165) is 17.6 Å². The number of hydrogen-bond acceptors (Lipinski definition) is 3. The van der Waals surface area contributed by atoms with Crippen molar-refractivity contribution in [3.8, 4) is 5.75 Å². The van der Waals surface area contributed by atoms with Gasteiger partial charge in [-0.15, -0.1) is 0 Å². The molecule has 2 rings (SSSR count). The molecule has 1 aliphatic heterocycles. The first kappa shape index (κ1) is 10.1. The third-order valence-electron chi connectivity index (χ3n) is 2.84. The van der Waals surface area contributed by atoms with E-state index in [1.807, 2.05) is 25.1 Å². The molecule has 0 radical (unpaired) electrons. The van der Waals surface area contributed by atoms with Crippen LogP contribution in [0, 0.1) is 0 Å². The number of anilines is 1. The highest BCUT2D eigenvalue weighted by atomic mass is 16.3. The highest BCUT2D eigenvalue weighted by Gasteiger charge is 2.23. The lowest BCUT2D eigenvalue weighted by atomic mass is 9.96. The van der Waals surface area contributed by atoms with Gasteiger partial charge in [-0.2, -0.15) is 0 Å². The van der Waals surface area contributed by atoms with Crippen molar-refractivity contribution in [2.24, 2.45) is 0 Å². The zero-order valence-electron chi connectivity index (χ0n) is 8.94. The number of allylic oxidation sites excluding steroid dienone is 1. The van der Waals surface area contributed by atoms with Gasteiger partial charge in [0.25, 0.3) is 0 Å². The first-order chi connectivity index (χ1) is 7.15. The maximum Gasteiger partial charge on any atom is 0.146 e. The summed E-state index contributed by atoms with van der Waals surface area (Å²) < 4.78 is 0. The Morgan fingerprint density at radius 1 is 1.40 bits per heavy atom. The molecule has 1 unspecified atom stereocenters. The first-order valence-electron chi connectivity index (χ1n) is 5.09. The standard InChI is InChI=1S/C12H15NO2/c1-3-8-7-11(15)13(2)12-9(8)5-4-6-10(12)14/h4-7,11,14-15H,3H2,1-2H3. The van der Waals surface area contributed by atoms with E-state index in [1.54, 1.807) is 18.0 Å². The number of benzene rings is 1. The molecular weight excluding hydrogens is 190 g/mol. The molecule has 0 fully saturated rings. The molecular formula is C12H15NO2. The summed E-state index contributed by atoms with van der Waals surface area (Å²) in [5, 5.41) is 19.6. The predicted molar refractivity (Wildman–Crippen MR) is 60.8 cm³/mol. The van der Waals surface area contributed by atoms with Crippen LogP contribution in [0.15, 0.2) is 24.3 Å². The molecule has 1 aromatic carbocycles. The number of rotatable bonds is 1. The molecule has 0 amide bonds. The van der Waals surface area contributed by atoms with Crippen LogP contribution in [0.25, 0.3) is 5.57 Å². The van der Waals surface area contributed by atoms with Crippen LogP contribution in [0.1, 0.15) is 18.9 Å². The third-order valence-corrected chi connectivity index (χ3v) is 2.84. The number of para-hydroxylation sites is 1. The van der Waals surface area contributed by atoms with Crippen LogP contribution < -0.4 is 4.90 Å². The lowest BCUT2D eigenvalue weighted by Crippen LogP contribution is -2.33. The summed E-state index contributed by atoms with van der Waals surface area (Å²) in [5.41, 5.74) is 2.79. The Labute approximate surface area is 89.3 Å². The van der Waals surface area contributed by atoms with Gasteiger partial charge in [-0.25, -0.2) is 0 Å². The van der Waals surface area contributed by atoms with Gasteiger partial charge >= 0.3 is 0 Å². The fourth-order valence-electron chi connectivity index (χ4n) is 1.98. The molecule has 0 saturated heterocycles. The molecule has 0 bridgehead atoms. The highest BCUT2D eigenvalue weighted by molar-refractivity contribution is 5.83. The minimum atomic E-state index is -0.652. The van der Waals surface area contributed by atoms with Crippen molar-refractivity contribution < 1.29 is 10.2 Å². The number of nitrogens with zero attached hydrogens (tertiary/aromatic N) is 1. The SMILES string of the molecule is CCC1=CC(O)N(C)c2c(O)cccc21. The molecule has 1 heterocycles. The molecule has 1 atom stereocenters. The van der Waals surface area contributed by atoms with Gasteiger partial charge in [-0.3, -0.25) is 0 Å². The number of phenolic OH excluding ortho intramolecular Hbond substituents is 1. The molecule has 2 N–H and O–H groups in total. The van der Waals surface area contributed by atoms with E-state index in [0.29, 0.717) is 5.69 Å². The lowest BCUT2D eigenvalue weighted by molar-refractivity contribution is 0.221. The fraction of sp³-hybridized carbons (Fsp3) is 0.333. The van der Waals surface area contributed by atoms with Gasteiger partial charge in [0.2, 0.25) is 0 Å². The quantitative estimate of drug-likeness (QED) is 0.736. The monoisotopic (exact) mass is 205 g/mol. The van der Waals surface area contributed by atoms with Crippen LogP contribution in [0.5, 0.6) is 5.75 Å². The first-order valence-corrected chi connectivity index (χ1v) is 5.09. The van der Waals surface area contributed by atoms with Gasteiger partial charge in [0.05, 0.1) is 5.69 Å². The van der Waals surface area contributed by atoms with Crippen molar-refractivity contribution in [2.75, 3.05) is 11.9 Å². The molecule has 1 aromatic rings. The summed E-state index contributed by atoms with van der Waals surface area (Å²) in [7, 11) is 1.77. The van der Waals surface area contributed by atoms with Crippen LogP contribution in [0.4, 0.5) is 5.69 Å². The molecule has 0 spiro atoms. The zero-order valence-corrected chi connectivity index (χ0v) is 8.94. The Bertz CT molecular complexity index is 412. The van der Waals surface area contributed by atoms with Crippen LogP contribution in [-0.4, -0.2) is 23.5 Å². The second-order valence-corrected chi connectivity index (χ2v) is 3.74. The lowest BCUT2D eigenvalue weighted by Gasteiger charge is -2.31. The summed E-state index contributed by atoms with van der Waals surface area (Å²) in [4.78, 5) is 1.67. The smallest absolute Gasteiger partial charge is 0.146 e. The fourth-order valence-corrected chi connectivity index (χ4v) is 1.98. The maximum absolute atomic E-state index is 9.79. The minimum Gasteiger partial charge on any atom is -0.506 e. The van der Waals surface area contributed by atoms with Crippen LogP contribution in [-0.2, 0) is 0 Å². The van der Waals surface area contributed by atoms with Crippen molar-refractivity contribution in [3.63, 3.8) is 0 Å². The Balaban J connectivity index is 2.63. The summed E-state index contributed by atoms with van der Waals surface area (Å²) in [6.45, 7) is 2.04. The van der Waals surface area contributed by atoms with E-state index >= 15 is 0 Å². The molecule has 15 heavy (non-hydrogen) atoms. The van der Waals surface area contributed by atoms with Crippen LogP contribution in [0.2, 0.25) is 0 Å². The maximum atomic E-state index is 9.79. The van der Waals surface area contributed by atoms with Crippen LogP contribution >= 0.6 is 0 Å². The van der Waals surface area contributed by atoms with Crippen molar-refractivity contribution in [1.29, 1.82) is 0 Å². The van der Waals surface area contributed by atoms with Crippen molar-refractivity contribution in [2.45, 2.75) is 19.6 Å².